The number of halogens is 1. The van der Waals surface area contributed by atoms with Crippen LogP contribution in [0.2, 0.25) is 0 Å². The average molecular weight is 389 g/mol. The molecule has 1 N–H and O–H groups in total. The van der Waals surface area contributed by atoms with Crippen LogP contribution in [-0.2, 0) is 22.6 Å². The quantitative estimate of drug-likeness (QED) is 0.826. The van der Waals surface area contributed by atoms with Crippen molar-refractivity contribution in [3.8, 4) is 0 Å². The van der Waals surface area contributed by atoms with Gasteiger partial charge in [0, 0.05) is 37.4 Å². The summed E-state index contributed by atoms with van der Waals surface area (Å²) in [6.07, 6.45) is 1.61. The molecule has 5 nitrogen and oxygen atoms in total. The number of benzene rings is 1. The van der Waals surface area contributed by atoms with E-state index in [0.29, 0.717) is 38.9 Å². The molecule has 1 aliphatic heterocycles. The molecule has 1 aliphatic rings. The van der Waals surface area contributed by atoms with Crippen LogP contribution in [0.15, 0.2) is 24.3 Å². The van der Waals surface area contributed by atoms with Crippen molar-refractivity contribution in [2.24, 2.45) is 5.92 Å². The summed E-state index contributed by atoms with van der Waals surface area (Å²) in [7, 11) is 0. The summed E-state index contributed by atoms with van der Waals surface area (Å²) in [5.41, 5.74) is 1.78. The van der Waals surface area contributed by atoms with E-state index in [9.17, 15) is 14.0 Å². The molecule has 27 heavy (non-hydrogen) atoms. The SMILES string of the molecule is Cc1nc(CCNC(=O)[C@@H]2CCC(=O)N(Cc3cccc(F)c3)C2)sc1C. The number of thiazole rings is 1. The zero-order valence-corrected chi connectivity index (χ0v) is 16.4. The molecule has 0 saturated carbocycles. The Morgan fingerprint density at radius 1 is 1.41 bits per heavy atom. The Labute approximate surface area is 162 Å². The van der Waals surface area contributed by atoms with Crippen molar-refractivity contribution in [1.29, 1.82) is 0 Å². The van der Waals surface area contributed by atoms with Gasteiger partial charge in [0.15, 0.2) is 0 Å². The maximum atomic E-state index is 13.4. The Morgan fingerprint density at radius 3 is 2.93 bits per heavy atom. The third-order valence-corrected chi connectivity index (χ3v) is 5.98. The minimum atomic E-state index is -0.320. The lowest BCUT2D eigenvalue weighted by Crippen LogP contribution is -2.45. The number of hydrogen-bond donors (Lipinski definition) is 1. The minimum Gasteiger partial charge on any atom is -0.355 e. The van der Waals surface area contributed by atoms with Crippen LogP contribution in [0.3, 0.4) is 0 Å². The molecule has 1 aromatic heterocycles. The number of likely N-dealkylation sites (tertiary alicyclic amines) is 1. The van der Waals surface area contributed by atoms with Crippen LogP contribution < -0.4 is 5.32 Å². The molecule has 0 radical (unpaired) electrons. The molecule has 0 unspecified atom stereocenters. The van der Waals surface area contributed by atoms with Crippen LogP contribution in [0.1, 0.15) is 34.0 Å². The lowest BCUT2D eigenvalue weighted by atomic mass is 9.96. The topological polar surface area (TPSA) is 62.3 Å². The van der Waals surface area contributed by atoms with Crippen molar-refractivity contribution >= 4 is 23.2 Å². The Balaban J connectivity index is 1.51. The second kappa shape index (κ2) is 8.61. The van der Waals surface area contributed by atoms with Gasteiger partial charge in [-0.25, -0.2) is 9.37 Å². The summed E-state index contributed by atoms with van der Waals surface area (Å²) in [6.45, 7) is 5.27. The molecule has 1 fully saturated rings. The lowest BCUT2D eigenvalue weighted by molar-refractivity contribution is -0.138. The van der Waals surface area contributed by atoms with Gasteiger partial charge in [-0.2, -0.15) is 0 Å². The second-order valence-electron chi connectivity index (χ2n) is 6.93. The van der Waals surface area contributed by atoms with Crippen LogP contribution in [0.25, 0.3) is 0 Å². The monoisotopic (exact) mass is 389 g/mol. The van der Waals surface area contributed by atoms with E-state index in [1.165, 1.54) is 17.0 Å². The van der Waals surface area contributed by atoms with Gasteiger partial charge in [0.05, 0.1) is 16.6 Å². The van der Waals surface area contributed by atoms with Crippen LogP contribution in [0.4, 0.5) is 4.39 Å². The van der Waals surface area contributed by atoms with E-state index in [1.54, 1.807) is 28.4 Å². The Kier molecular flexibility index (Phi) is 6.21. The molecule has 0 spiro atoms. The number of carbonyl (C=O) groups excluding carboxylic acids is 2. The molecule has 1 saturated heterocycles. The number of nitrogens with zero attached hydrogens (tertiary/aromatic N) is 2. The number of nitrogens with one attached hydrogen (secondary N) is 1. The Hall–Kier alpha value is -2.28. The number of aromatic nitrogens is 1. The average Bonchev–Trinajstić information content (AvgIpc) is 2.94. The van der Waals surface area contributed by atoms with Crippen LogP contribution in [0, 0.1) is 25.6 Å². The highest BCUT2D eigenvalue weighted by molar-refractivity contribution is 7.11. The van der Waals surface area contributed by atoms with Crippen LogP contribution in [-0.4, -0.2) is 34.8 Å². The smallest absolute Gasteiger partial charge is 0.224 e. The number of carbonyl (C=O) groups is 2. The van der Waals surface area contributed by atoms with Crippen molar-refractivity contribution in [1.82, 2.24) is 15.2 Å². The Morgan fingerprint density at radius 2 is 2.22 bits per heavy atom. The zero-order valence-electron chi connectivity index (χ0n) is 15.6. The number of aryl methyl sites for hydroxylation is 2. The summed E-state index contributed by atoms with van der Waals surface area (Å²) < 4.78 is 13.4. The fraction of sp³-hybridized carbons (Fsp3) is 0.450. The number of piperidine rings is 1. The molecule has 2 amide bonds. The highest BCUT2D eigenvalue weighted by atomic mass is 32.1. The molecule has 144 valence electrons. The molecule has 0 aliphatic carbocycles. The molecule has 1 atom stereocenters. The summed E-state index contributed by atoms with van der Waals surface area (Å²) in [5, 5.41) is 3.99. The van der Waals surface area contributed by atoms with Gasteiger partial charge in [0.2, 0.25) is 11.8 Å². The largest absolute Gasteiger partial charge is 0.355 e. The predicted octanol–water partition coefficient (Wildman–Crippen LogP) is 3.00. The van der Waals surface area contributed by atoms with Gasteiger partial charge in [-0.3, -0.25) is 9.59 Å². The van der Waals surface area contributed by atoms with Crippen molar-refractivity contribution in [3.63, 3.8) is 0 Å². The molecule has 3 rings (SSSR count). The van der Waals surface area contributed by atoms with E-state index in [4.69, 9.17) is 0 Å². The zero-order chi connectivity index (χ0) is 19.4. The molecule has 2 heterocycles. The van der Waals surface area contributed by atoms with E-state index in [2.05, 4.69) is 10.3 Å². The summed E-state index contributed by atoms with van der Waals surface area (Å²) >= 11 is 1.66. The van der Waals surface area contributed by atoms with E-state index >= 15 is 0 Å². The summed E-state index contributed by atoms with van der Waals surface area (Å²) in [6, 6.07) is 6.22. The van der Waals surface area contributed by atoms with Gasteiger partial charge in [-0.1, -0.05) is 12.1 Å². The van der Waals surface area contributed by atoms with Gasteiger partial charge in [0.25, 0.3) is 0 Å². The summed E-state index contributed by atoms with van der Waals surface area (Å²) in [4.78, 5) is 32.0. The van der Waals surface area contributed by atoms with Gasteiger partial charge < -0.3 is 10.2 Å². The Bertz CT molecular complexity index is 817. The lowest BCUT2D eigenvalue weighted by Gasteiger charge is -2.32. The van der Waals surface area contributed by atoms with E-state index in [1.807, 2.05) is 13.8 Å². The molecule has 2 aromatic rings. The number of hydrogen-bond acceptors (Lipinski definition) is 4. The van der Waals surface area contributed by atoms with Crippen molar-refractivity contribution < 1.29 is 14.0 Å². The van der Waals surface area contributed by atoms with Gasteiger partial charge in [-0.15, -0.1) is 11.3 Å². The molecule has 7 heteroatoms. The van der Waals surface area contributed by atoms with Crippen molar-refractivity contribution in [2.45, 2.75) is 39.7 Å². The standard InChI is InChI=1S/C20H24FN3O2S/c1-13-14(2)27-18(23-13)8-9-22-20(26)16-6-7-19(25)24(12-16)11-15-4-3-5-17(21)10-15/h3-5,10,16H,6-9,11-12H2,1-2H3,(H,22,26)/t16-/m1/s1. The highest BCUT2D eigenvalue weighted by Crippen LogP contribution is 2.21. The molecular weight excluding hydrogens is 365 g/mol. The summed E-state index contributed by atoms with van der Waals surface area (Å²) in [5.74, 6) is -0.566. The third kappa shape index (κ3) is 5.13. The highest BCUT2D eigenvalue weighted by Gasteiger charge is 2.30. The predicted molar refractivity (Wildman–Crippen MR) is 103 cm³/mol. The second-order valence-corrected chi connectivity index (χ2v) is 8.22. The first-order valence-electron chi connectivity index (χ1n) is 9.15. The molecular formula is C20H24FN3O2S. The fourth-order valence-electron chi connectivity index (χ4n) is 3.22. The number of amides is 2. The van der Waals surface area contributed by atoms with E-state index < -0.39 is 0 Å². The van der Waals surface area contributed by atoms with E-state index in [-0.39, 0.29) is 23.5 Å². The van der Waals surface area contributed by atoms with Gasteiger partial charge in [0.1, 0.15) is 5.82 Å². The van der Waals surface area contributed by atoms with Gasteiger partial charge >= 0.3 is 0 Å². The maximum absolute atomic E-state index is 13.4. The third-order valence-electron chi connectivity index (χ3n) is 4.84. The molecule has 0 bridgehead atoms. The normalized spacial score (nSPS) is 17.2. The first-order valence-corrected chi connectivity index (χ1v) is 9.97. The first-order chi connectivity index (χ1) is 12.9. The van der Waals surface area contributed by atoms with Crippen LogP contribution in [0.5, 0.6) is 0 Å². The fourth-order valence-corrected chi connectivity index (χ4v) is 4.15. The minimum absolute atomic E-state index is 0.0112. The van der Waals surface area contributed by atoms with Crippen molar-refractivity contribution in [3.05, 3.63) is 51.2 Å². The van der Waals surface area contributed by atoms with E-state index in [0.717, 1.165) is 16.3 Å². The number of rotatable bonds is 6. The van der Waals surface area contributed by atoms with Crippen molar-refractivity contribution in [2.75, 3.05) is 13.1 Å². The first kappa shape index (κ1) is 19.5. The maximum Gasteiger partial charge on any atom is 0.224 e. The van der Waals surface area contributed by atoms with Crippen LogP contribution >= 0.6 is 11.3 Å². The molecule has 1 aromatic carbocycles. The van der Waals surface area contributed by atoms with Gasteiger partial charge in [-0.05, 0) is 38.0 Å².